The van der Waals surface area contributed by atoms with E-state index in [1.165, 1.54) is 11.1 Å². The van der Waals surface area contributed by atoms with Gasteiger partial charge in [0.2, 0.25) is 0 Å². The number of nitriles is 1. The van der Waals surface area contributed by atoms with Gasteiger partial charge in [-0.1, -0.05) is 66.2 Å². The number of piperidine rings is 1. The summed E-state index contributed by atoms with van der Waals surface area (Å²) in [6.45, 7) is 9.03. The number of aromatic nitrogens is 1. The van der Waals surface area contributed by atoms with Gasteiger partial charge in [0.1, 0.15) is 6.07 Å². The highest BCUT2D eigenvalue weighted by Crippen LogP contribution is 2.40. The Morgan fingerprint density at radius 2 is 1.78 bits per heavy atom. The third-order valence-electron chi connectivity index (χ3n) is 9.67. The minimum absolute atomic E-state index is 0.113. The van der Waals surface area contributed by atoms with Crippen LogP contribution in [0.25, 0.3) is 10.9 Å². The molecule has 0 amide bonds. The molecule has 2 atom stereocenters. The van der Waals surface area contributed by atoms with Crippen molar-refractivity contribution in [2.24, 2.45) is 0 Å². The van der Waals surface area contributed by atoms with Gasteiger partial charge in [-0.25, -0.2) is 0 Å². The molecule has 3 aromatic carbocycles. The number of halogens is 1. The standard InChI is InChI=1S/C37H41ClN8/c1-37(2,3)45-17-15-28(16-18-45)46-23-33(43-44-46)35(25-10-5-4-6-11-25)41-27-19-30-34(26(21-39)22-40-36(30)31(38)20-27)42-32-14-13-24-9-7-8-12-29(24)32/h4-12,19-20,22-23,28,32,35,41,43-44H,13-18H2,1-3H3,(H,40,42)/t32-,35-/m0/s1. The Morgan fingerprint density at radius 1 is 1.02 bits per heavy atom. The predicted octanol–water partition coefficient (Wildman–Crippen LogP) is 7.44. The topological polar surface area (TPSA) is 91.3 Å². The van der Waals surface area contributed by atoms with Crippen molar-refractivity contribution >= 4 is 33.9 Å². The molecule has 4 N–H and O–H groups in total. The number of aryl methyl sites for hydroxylation is 1. The van der Waals surface area contributed by atoms with Crippen LogP contribution in [-0.2, 0) is 6.42 Å². The van der Waals surface area contributed by atoms with Crippen LogP contribution in [0.1, 0.15) is 74.4 Å². The predicted molar refractivity (Wildman–Crippen MR) is 186 cm³/mol. The molecule has 4 aromatic rings. The highest BCUT2D eigenvalue weighted by Gasteiger charge is 2.32. The number of likely N-dealkylation sites (tertiary alicyclic amines) is 1. The summed E-state index contributed by atoms with van der Waals surface area (Å²) < 4.78 is 0. The molecule has 3 aliphatic rings. The molecule has 1 fully saturated rings. The van der Waals surface area contributed by atoms with Gasteiger partial charge >= 0.3 is 0 Å². The molecular weight excluding hydrogens is 592 g/mol. The lowest BCUT2D eigenvalue weighted by atomic mass is 9.98. The van der Waals surface area contributed by atoms with Gasteiger partial charge in [-0.15, -0.1) is 5.53 Å². The summed E-state index contributed by atoms with van der Waals surface area (Å²) in [6, 6.07) is 25.6. The fourth-order valence-electron chi connectivity index (χ4n) is 7.12. The molecule has 0 radical (unpaired) electrons. The van der Waals surface area contributed by atoms with E-state index in [2.05, 4.69) is 124 Å². The molecule has 0 unspecified atom stereocenters. The van der Waals surface area contributed by atoms with Gasteiger partial charge in [0.15, 0.2) is 0 Å². The van der Waals surface area contributed by atoms with Crippen molar-refractivity contribution in [3.8, 4) is 6.07 Å². The summed E-state index contributed by atoms with van der Waals surface area (Å²) in [4.78, 5) is 7.17. The van der Waals surface area contributed by atoms with Crippen molar-refractivity contribution in [2.75, 3.05) is 23.7 Å². The molecule has 46 heavy (non-hydrogen) atoms. The van der Waals surface area contributed by atoms with Gasteiger partial charge in [-0.3, -0.25) is 14.9 Å². The maximum absolute atomic E-state index is 10.1. The van der Waals surface area contributed by atoms with Crippen molar-refractivity contribution in [2.45, 2.75) is 70.1 Å². The zero-order valence-corrected chi connectivity index (χ0v) is 27.4. The van der Waals surface area contributed by atoms with Crippen molar-refractivity contribution in [1.82, 2.24) is 25.9 Å². The van der Waals surface area contributed by atoms with Crippen LogP contribution in [0.2, 0.25) is 5.02 Å². The van der Waals surface area contributed by atoms with Crippen molar-refractivity contribution < 1.29 is 0 Å². The molecule has 236 valence electrons. The first-order chi connectivity index (χ1) is 22.3. The van der Waals surface area contributed by atoms with E-state index in [1.54, 1.807) is 6.20 Å². The summed E-state index contributed by atoms with van der Waals surface area (Å²) in [6.07, 6.45) is 7.98. The van der Waals surface area contributed by atoms with E-state index >= 15 is 0 Å². The van der Waals surface area contributed by atoms with Crippen LogP contribution in [0.15, 0.2) is 84.8 Å². The van der Waals surface area contributed by atoms with Gasteiger partial charge in [0.25, 0.3) is 0 Å². The number of benzene rings is 3. The van der Waals surface area contributed by atoms with E-state index < -0.39 is 0 Å². The van der Waals surface area contributed by atoms with Crippen LogP contribution in [-0.4, -0.2) is 39.6 Å². The minimum Gasteiger partial charge on any atom is -0.377 e. The zero-order chi connectivity index (χ0) is 31.8. The zero-order valence-electron chi connectivity index (χ0n) is 26.6. The summed E-state index contributed by atoms with van der Waals surface area (Å²) in [7, 11) is 0. The molecule has 2 aliphatic heterocycles. The number of hydrazine groups is 2. The number of hydrogen-bond acceptors (Lipinski definition) is 8. The second-order valence-electron chi connectivity index (χ2n) is 13.6. The highest BCUT2D eigenvalue weighted by atomic mass is 35.5. The molecule has 1 aromatic heterocycles. The third-order valence-corrected chi connectivity index (χ3v) is 9.95. The number of anilines is 2. The molecule has 8 nitrogen and oxygen atoms in total. The van der Waals surface area contributed by atoms with Gasteiger partial charge in [0, 0.05) is 48.1 Å². The maximum atomic E-state index is 10.1. The van der Waals surface area contributed by atoms with E-state index in [1.807, 2.05) is 12.1 Å². The molecule has 1 aliphatic carbocycles. The molecule has 0 saturated carbocycles. The van der Waals surface area contributed by atoms with Gasteiger partial charge in [-0.2, -0.15) is 5.26 Å². The largest absolute Gasteiger partial charge is 0.377 e. The monoisotopic (exact) mass is 632 g/mol. The van der Waals surface area contributed by atoms with Crippen LogP contribution in [0, 0.1) is 11.3 Å². The molecule has 1 saturated heterocycles. The quantitative estimate of drug-likeness (QED) is 0.167. The van der Waals surface area contributed by atoms with Gasteiger partial charge < -0.3 is 16.1 Å². The van der Waals surface area contributed by atoms with E-state index in [4.69, 9.17) is 11.6 Å². The second kappa shape index (κ2) is 12.5. The summed E-state index contributed by atoms with van der Waals surface area (Å²) >= 11 is 6.92. The van der Waals surface area contributed by atoms with Crippen molar-refractivity contribution in [3.63, 3.8) is 0 Å². The third kappa shape index (κ3) is 5.99. The average Bonchev–Trinajstić information content (AvgIpc) is 3.72. The molecule has 9 heteroatoms. The Balaban J connectivity index is 1.20. The molecule has 3 heterocycles. The average molecular weight is 633 g/mol. The normalized spacial score (nSPS) is 19.3. The van der Waals surface area contributed by atoms with Crippen LogP contribution in [0.4, 0.5) is 11.4 Å². The van der Waals surface area contributed by atoms with Crippen LogP contribution in [0.3, 0.4) is 0 Å². The van der Waals surface area contributed by atoms with E-state index in [9.17, 15) is 5.26 Å². The SMILES string of the molecule is CC(C)(C)N1CCC(N2C=C([C@@H](Nc3cc(Cl)c4ncc(C#N)c(N[C@H]5CCc6ccccc65)c4c3)c3ccccc3)NN2)CC1. The van der Waals surface area contributed by atoms with Crippen molar-refractivity contribution in [3.05, 3.63) is 112 Å². The Kier molecular flexibility index (Phi) is 8.24. The summed E-state index contributed by atoms with van der Waals surface area (Å²) in [5.74, 6) is 0. The number of nitrogens with zero attached hydrogens (tertiary/aromatic N) is 4. The molecule has 0 spiro atoms. The highest BCUT2D eigenvalue weighted by molar-refractivity contribution is 6.35. The van der Waals surface area contributed by atoms with E-state index in [-0.39, 0.29) is 17.6 Å². The van der Waals surface area contributed by atoms with Crippen molar-refractivity contribution in [1.29, 1.82) is 5.26 Å². The van der Waals surface area contributed by atoms with E-state index in [0.717, 1.165) is 66.8 Å². The Morgan fingerprint density at radius 3 is 2.54 bits per heavy atom. The smallest absolute Gasteiger partial charge is 0.103 e. The van der Waals surface area contributed by atoms with Gasteiger partial charge in [0.05, 0.1) is 39.6 Å². The lowest BCUT2D eigenvalue weighted by Gasteiger charge is -2.42. The Labute approximate surface area is 276 Å². The fraction of sp³-hybridized carbons (Fsp3) is 0.351. The number of fused-ring (bicyclic) bond motifs is 2. The maximum Gasteiger partial charge on any atom is 0.103 e. The van der Waals surface area contributed by atoms with Crippen LogP contribution in [0.5, 0.6) is 0 Å². The molecule has 7 rings (SSSR count). The lowest BCUT2D eigenvalue weighted by molar-refractivity contribution is 0.0570. The summed E-state index contributed by atoms with van der Waals surface area (Å²) in [5, 5.41) is 21.2. The first-order valence-electron chi connectivity index (χ1n) is 16.2. The summed E-state index contributed by atoms with van der Waals surface area (Å²) in [5.41, 5.74) is 14.6. The fourth-order valence-corrected chi connectivity index (χ4v) is 7.39. The number of hydrogen-bond donors (Lipinski definition) is 4. The van der Waals surface area contributed by atoms with Crippen LogP contribution >= 0.6 is 11.6 Å². The van der Waals surface area contributed by atoms with E-state index in [0.29, 0.717) is 22.1 Å². The molecular formula is C37H41ClN8. The Bertz CT molecular complexity index is 1800. The molecule has 0 bridgehead atoms. The van der Waals surface area contributed by atoms with Crippen LogP contribution < -0.4 is 21.6 Å². The van der Waals surface area contributed by atoms with Gasteiger partial charge in [-0.05, 0) is 75.3 Å². The number of rotatable bonds is 7. The number of pyridine rings is 1. The second-order valence-corrected chi connectivity index (χ2v) is 14.0. The lowest BCUT2D eigenvalue weighted by Crippen LogP contribution is -2.52. The minimum atomic E-state index is -0.174. The number of nitrogens with one attached hydrogen (secondary N) is 4. The first-order valence-corrected chi connectivity index (χ1v) is 16.6. The first kappa shape index (κ1) is 30.4. The Hall–Kier alpha value is -4.29.